The number of halogens is 1. The van der Waals surface area contributed by atoms with Crippen LogP contribution in [0.1, 0.15) is 16.7 Å². The summed E-state index contributed by atoms with van der Waals surface area (Å²) in [6, 6.07) is 14.2. The molecule has 0 atom stereocenters. The number of nitrogens with zero attached hydrogens (tertiary/aromatic N) is 2. The van der Waals surface area contributed by atoms with Crippen LogP contribution in [0, 0.1) is 13.8 Å². The van der Waals surface area contributed by atoms with Gasteiger partial charge in [-0.1, -0.05) is 47.5 Å². The van der Waals surface area contributed by atoms with Gasteiger partial charge in [-0.2, -0.15) is 0 Å². The molecule has 4 nitrogen and oxygen atoms in total. The van der Waals surface area contributed by atoms with Crippen molar-refractivity contribution in [3.63, 3.8) is 0 Å². The highest BCUT2D eigenvalue weighted by atomic mass is 35.5. The zero-order valence-electron chi connectivity index (χ0n) is 14.8. The second-order valence-electron chi connectivity index (χ2n) is 6.64. The maximum Gasteiger partial charge on any atom is 0.321 e. The molecule has 0 bridgehead atoms. The summed E-state index contributed by atoms with van der Waals surface area (Å²) in [5, 5.41) is 3.60. The minimum absolute atomic E-state index is 0.0603. The number of hydrogen-bond donors (Lipinski definition) is 1. The smallest absolute Gasteiger partial charge is 0.321 e. The molecule has 2 aromatic rings. The number of carbonyl (C=O) groups excluding carboxylic acids is 1. The summed E-state index contributed by atoms with van der Waals surface area (Å²) in [7, 11) is 0. The molecular formula is C20H24ClN3O. The molecule has 5 heteroatoms. The van der Waals surface area contributed by atoms with E-state index in [1.54, 1.807) is 6.07 Å². The predicted octanol–water partition coefficient (Wildman–Crippen LogP) is 4.31. The highest BCUT2D eigenvalue weighted by molar-refractivity contribution is 6.31. The summed E-state index contributed by atoms with van der Waals surface area (Å²) in [5.74, 6) is 0. The Bertz CT molecular complexity index is 737. The Labute approximate surface area is 154 Å². The minimum atomic E-state index is -0.0603. The monoisotopic (exact) mass is 357 g/mol. The molecule has 1 saturated heterocycles. The van der Waals surface area contributed by atoms with Crippen LogP contribution in [0.25, 0.3) is 0 Å². The summed E-state index contributed by atoms with van der Waals surface area (Å²) in [6.07, 6.45) is 0. The molecule has 0 saturated carbocycles. The number of nitrogens with one attached hydrogen (secondary N) is 1. The molecule has 0 spiro atoms. The fourth-order valence-electron chi connectivity index (χ4n) is 2.93. The van der Waals surface area contributed by atoms with Crippen molar-refractivity contribution in [1.29, 1.82) is 0 Å². The third-order valence-electron chi connectivity index (χ3n) is 4.61. The van der Waals surface area contributed by atoms with E-state index < -0.39 is 0 Å². The zero-order chi connectivity index (χ0) is 17.8. The van der Waals surface area contributed by atoms with Crippen LogP contribution < -0.4 is 5.32 Å². The number of amides is 2. The van der Waals surface area contributed by atoms with Gasteiger partial charge in [0.1, 0.15) is 0 Å². The SMILES string of the molecule is Cc1ccc(CN2CCN(C(=O)Nc3ccc(C)c(Cl)c3)CC2)cc1. The standard InChI is InChI=1S/C20H24ClN3O/c1-15-3-6-17(7-4-15)14-23-9-11-24(12-10-23)20(25)22-18-8-5-16(2)19(21)13-18/h3-8,13H,9-12,14H2,1-2H3,(H,22,25). The minimum Gasteiger partial charge on any atom is -0.322 e. The highest BCUT2D eigenvalue weighted by Gasteiger charge is 2.21. The second-order valence-corrected chi connectivity index (χ2v) is 7.05. The molecular weight excluding hydrogens is 334 g/mol. The molecule has 132 valence electrons. The van der Waals surface area contributed by atoms with Crippen molar-refractivity contribution in [2.24, 2.45) is 0 Å². The molecule has 1 heterocycles. The topological polar surface area (TPSA) is 35.6 Å². The molecule has 0 aliphatic carbocycles. The van der Waals surface area contributed by atoms with Crippen LogP contribution in [0.15, 0.2) is 42.5 Å². The van der Waals surface area contributed by atoms with Crippen LogP contribution >= 0.6 is 11.6 Å². The fourth-order valence-corrected chi connectivity index (χ4v) is 3.11. The average Bonchev–Trinajstić information content (AvgIpc) is 2.61. The van der Waals surface area contributed by atoms with Gasteiger partial charge >= 0.3 is 6.03 Å². The number of piperazine rings is 1. The van der Waals surface area contributed by atoms with Crippen molar-refractivity contribution < 1.29 is 4.79 Å². The first-order chi connectivity index (χ1) is 12.0. The Morgan fingerprint density at radius 3 is 2.36 bits per heavy atom. The lowest BCUT2D eigenvalue weighted by Gasteiger charge is -2.34. The normalized spacial score (nSPS) is 15.2. The molecule has 1 aliphatic heterocycles. The molecule has 3 rings (SSSR count). The van der Waals surface area contributed by atoms with E-state index >= 15 is 0 Å². The van der Waals surface area contributed by atoms with Gasteiger partial charge in [0.15, 0.2) is 0 Å². The number of benzene rings is 2. The number of hydrogen-bond acceptors (Lipinski definition) is 2. The molecule has 0 aromatic heterocycles. The quantitative estimate of drug-likeness (QED) is 0.888. The summed E-state index contributed by atoms with van der Waals surface area (Å²) < 4.78 is 0. The van der Waals surface area contributed by atoms with E-state index in [1.807, 2.05) is 24.0 Å². The molecule has 1 aliphatic rings. The Morgan fingerprint density at radius 2 is 1.72 bits per heavy atom. The number of rotatable bonds is 3. The van der Waals surface area contributed by atoms with Crippen molar-refractivity contribution >= 4 is 23.3 Å². The van der Waals surface area contributed by atoms with Gasteiger partial charge in [0.2, 0.25) is 0 Å². The molecule has 1 N–H and O–H groups in total. The summed E-state index contributed by atoms with van der Waals surface area (Å²) in [6.45, 7) is 8.22. The second kappa shape index (κ2) is 7.89. The van der Waals surface area contributed by atoms with E-state index in [1.165, 1.54) is 11.1 Å². The Balaban J connectivity index is 1.50. The van der Waals surface area contributed by atoms with E-state index in [4.69, 9.17) is 11.6 Å². The van der Waals surface area contributed by atoms with Gasteiger partial charge in [0.25, 0.3) is 0 Å². The third kappa shape index (κ3) is 4.74. The van der Waals surface area contributed by atoms with Gasteiger partial charge in [0.05, 0.1) is 0 Å². The maximum absolute atomic E-state index is 12.4. The number of aryl methyl sites for hydroxylation is 2. The highest BCUT2D eigenvalue weighted by Crippen LogP contribution is 2.20. The molecule has 0 unspecified atom stereocenters. The van der Waals surface area contributed by atoms with Crippen LogP contribution in [-0.4, -0.2) is 42.0 Å². The summed E-state index contributed by atoms with van der Waals surface area (Å²) >= 11 is 6.12. The third-order valence-corrected chi connectivity index (χ3v) is 5.02. The van der Waals surface area contributed by atoms with Crippen LogP contribution in [-0.2, 0) is 6.54 Å². The van der Waals surface area contributed by atoms with Gasteiger partial charge in [-0.05, 0) is 37.1 Å². The van der Waals surface area contributed by atoms with Gasteiger partial charge in [-0.25, -0.2) is 4.79 Å². The van der Waals surface area contributed by atoms with Crippen molar-refractivity contribution in [3.8, 4) is 0 Å². The number of urea groups is 1. The van der Waals surface area contributed by atoms with Crippen LogP contribution in [0.3, 0.4) is 0 Å². The molecule has 25 heavy (non-hydrogen) atoms. The molecule has 0 radical (unpaired) electrons. The van der Waals surface area contributed by atoms with Crippen LogP contribution in [0.2, 0.25) is 5.02 Å². The van der Waals surface area contributed by atoms with E-state index in [-0.39, 0.29) is 6.03 Å². The van der Waals surface area contributed by atoms with Crippen LogP contribution in [0.5, 0.6) is 0 Å². The Hall–Kier alpha value is -2.04. The van der Waals surface area contributed by atoms with E-state index in [0.29, 0.717) is 5.02 Å². The molecule has 2 aromatic carbocycles. The predicted molar refractivity (Wildman–Crippen MR) is 103 cm³/mol. The van der Waals surface area contributed by atoms with Crippen molar-refractivity contribution in [2.75, 3.05) is 31.5 Å². The number of carbonyl (C=O) groups is 1. The van der Waals surface area contributed by atoms with Crippen molar-refractivity contribution in [1.82, 2.24) is 9.80 Å². The first-order valence-corrected chi connectivity index (χ1v) is 8.99. The Morgan fingerprint density at radius 1 is 1.04 bits per heavy atom. The van der Waals surface area contributed by atoms with E-state index in [0.717, 1.165) is 44.0 Å². The zero-order valence-corrected chi connectivity index (χ0v) is 15.5. The van der Waals surface area contributed by atoms with Gasteiger partial charge in [0, 0.05) is 43.4 Å². The summed E-state index contributed by atoms with van der Waals surface area (Å²) in [5.41, 5.74) is 4.34. The lowest BCUT2D eigenvalue weighted by atomic mass is 10.1. The van der Waals surface area contributed by atoms with Crippen molar-refractivity contribution in [2.45, 2.75) is 20.4 Å². The lowest BCUT2D eigenvalue weighted by molar-refractivity contribution is 0.143. The van der Waals surface area contributed by atoms with Crippen molar-refractivity contribution in [3.05, 3.63) is 64.2 Å². The fraction of sp³-hybridized carbons (Fsp3) is 0.350. The number of anilines is 1. The lowest BCUT2D eigenvalue weighted by Crippen LogP contribution is -2.49. The van der Waals surface area contributed by atoms with E-state index in [9.17, 15) is 4.79 Å². The largest absolute Gasteiger partial charge is 0.322 e. The van der Waals surface area contributed by atoms with Gasteiger partial charge < -0.3 is 10.2 Å². The van der Waals surface area contributed by atoms with Gasteiger partial charge in [-0.3, -0.25) is 4.90 Å². The molecule has 1 fully saturated rings. The van der Waals surface area contributed by atoms with Crippen LogP contribution in [0.4, 0.5) is 10.5 Å². The van der Waals surface area contributed by atoms with E-state index in [2.05, 4.69) is 41.4 Å². The maximum atomic E-state index is 12.4. The molecule has 2 amide bonds. The first kappa shape index (κ1) is 17.8. The average molecular weight is 358 g/mol. The summed E-state index contributed by atoms with van der Waals surface area (Å²) in [4.78, 5) is 16.7. The first-order valence-electron chi connectivity index (χ1n) is 8.61. The van der Waals surface area contributed by atoms with Gasteiger partial charge in [-0.15, -0.1) is 0 Å². The Kier molecular flexibility index (Phi) is 5.61.